The molecule has 3 nitrogen and oxygen atoms in total. The van der Waals surface area contributed by atoms with Gasteiger partial charge in [0.25, 0.3) is 0 Å². The van der Waals surface area contributed by atoms with Gasteiger partial charge < -0.3 is 5.32 Å². The Balaban J connectivity index is 2.13. The Hall–Kier alpha value is -0.350. The molecule has 1 aromatic heterocycles. The number of aromatic nitrogens is 2. The molecule has 0 atom stereocenters. The first-order chi connectivity index (χ1) is 8.61. The van der Waals surface area contributed by atoms with Crippen molar-refractivity contribution in [2.75, 3.05) is 11.9 Å². The van der Waals surface area contributed by atoms with E-state index >= 15 is 0 Å². The van der Waals surface area contributed by atoms with Crippen molar-refractivity contribution >= 4 is 33.3 Å². The van der Waals surface area contributed by atoms with E-state index in [0.29, 0.717) is 5.15 Å². The van der Waals surface area contributed by atoms with Crippen molar-refractivity contribution < 1.29 is 0 Å². The van der Waals surface area contributed by atoms with Crippen molar-refractivity contribution in [3.63, 3.8) is 0 Å². The predicted molar refractivity (Wildman–Crippen MR) is 81.2 cm³/mol. The molecule has 0 radical (unpaired) electrons. The first-order valence-electron chi connectivity index (χ1n) is 6.51. The van der Waals surface area contributed by atoms with Gasteiger partial charge in [0.2, 0.25) is 0 Å². The number of hydrogen-bond acceptors (Lipinski definition) is 3. The Labute approximate surface area is 123 Å². The normalized spacial score (nSPS) is 10.9. The summed E-state index contributed by atoms with van der Waals surface area (Å²) in [5.41, 5.74) is 0. The zero-order valence-electron chi connectivity index (χ0n) is 11.0. The highest BCUT2D eigenvalue weighted by molar-refractivity contribution is 9.10. The first kappa shape index (κ1) is 15.7. The molecular formula is C13H21BrClN3. The third-order valence-corrected chi connectivity index (χ3v) is 4.01. The molecule has 0 saturated carbocycles. The summed E-state index contributed by atoms with van der Waals surface area (Å²) >= 11 is 9.26. The first-order valence-corrected chi connectivity index (χ1v) is 7.68. The summed E-state index contributed by atoms with van der Waals surface area (Å²) < 4.78 is 0.742. The highest BCUT2D eigenvalue weighted by atomic mass is 79.9. The molecule has 0 aliphatic rings. The molecule has 18 heavy (non-hydrogen) atoms. The molecule has 1 rings (SSSR count). The Morgan fingerprint density at radius 3 is 2.67 bits per heavy atom. The topological polar surface area (TPSA) is 37.8 Å². The molecule has 0 unspecified atom stereocenters. The summed E-state index contributed by atoms with van der Waals surface area (Å²) in [5, 5.41) is 3.72. The summed E-state index contributed by atoms with van der Waals surface area (Å²) in [6.45, 7) is 5.48. The average molecular weight is 335 g/mol. The van der Waals surface area contributed by atoms with Gasteiger partial charge in [-0.2, -0.15) is 0 Å². The molecule has 0 fully saturated rings. The van der Waals surface area contributed by atoms with Gasteiger partial charge in [-0.1, -0.05) is 51.1 Å². The lowest BCUT2D eigenvalue weighted by Crippen LogP contribution is -2.04. The zero-order chi connectivity index (χ0) is 13.4. The lowest BCUT2D eigenvalue weighted by molar-refractivity contribution is 0.523. The molecule has 5 heteroatoms. The van der Waals surface area contributed by atoms with E-state index in [1.54, 1.807) is 0 Å². The second-order valence-electron chi connectivity index (χ2n) is 4.85. The number of hydrogen-bond donors (Lipinski definition) is 1. The van der Waals surface area contributed by atoms with Crippen molar-refractivity contribution in [3.05, 3.63) is 16.0 Å². The van der Waals surface area contributed by atoms with Crippen LogP contribution in [0.1, 0.15) is 46.0 Å². The molecule has 0 aromatic carbocycles. The SMILES string of the molecule is CC(C)CCCCCCNc1ncnc(Cl)c1Br. The smallest absolute Gasteiger partial charge is 0.148 e. The molecule has 0 amide bonds. The van der Waals surface area contributed by atoms with Gasteiger partial charge in [-0.3, -0.25) is 0 Å². The Bertz CT molecular complexity index is 358. The minimum atomic E-state index is 0.449. The maximum Gasteiger partial charge on any atom is 0.148 e. The van der Waals surface area contributed by atoms with Crippen LogP contribution in [0.15, 0.2) is 10.8 Å². The van der Waals surface area contributed by atoms with Crippen molar-refractivity contribution in [2.24, 2.45) is 5.92 Å². The van der Waals surface area contributed by atoms with Gasteiger partial charge in [-0.15, -0.1) is 0 Å². The summed E-state index contributed by atoms with van der Waals surface area (Å²) in [7, 11) is 0. The number of halogens is 2. The quantitative estimate of drug-likeness (QED) is 0.542. The van der Waals surface area contributed by atoms with Crippen LogP contribution in [0, 0.1) is 5.92 Å². The van der Waals surface area contributed by atoms with Crippen molar-refractivity contribution in [1.82, 2.24) is 9.97 Å². The van der Waals surface area contributed by atoms with E-state index in [9.17, 15) is 0 Å². The molecule has 1 heterocycles. The monoisotopic (exact) mass is 333 g/mol. The van der Waals surface area contributed by atoms with Crippen LogP contribution in [-0.2, 0) is 0 Å². The van der Waals surface area contributed by atoms with E-state index in [2.05, 4.69) is 45.1 Å². The molecule has 0 saturated heterocycles. The highest BCUT2D eigenvalue weighted by Crippen LogP contribution is 2.25. The number of unbranched alkanes of at least 4 members (excludes halogenated alkanes) is 3. The van der Waals surface area contributed by atoms with Gasteiger partial charge in [-0.25, -0.2) is 9.97 Å². The van der Waals surface area contributed by atoms with Crippen LogP contribution < -0.4 is 5.32 Å². The summed E-state index contributed by atoms with van der Waals surface area (Å²) in [6.07, 6.45) is 7.87. The Morgan fingerprint density at radius 1 is 1.22 bits per heavy atom. The van der Waals surface area contributed by atoms with Crippen LogP contribution in [0.3, 0.4) is 0 Å². The van der Waals surface area contributed by atoms with Crippen LogP contribution in [0.25, 0.3) is 0 Å². The molecule has 1 N–H and O–H groups in total. The largest absolute Gasteiger partial charge is 0.369 e. The molecular weight excluding hydrogens is 314 g/mol. The standard InChI is InChI=1S/C13H21BrClN3/c1-10(2)7-5-3-4-6-8-16-13-11(14)12(15)17-9-18-13/h9-10H,3-8H2,1-2H3,(H,16,17,18). The average Bonchev–Trinajstić information content (AvgIpc) is 2.32. The van der Waals surface area contributed by atoms with Gasteiger partial charge in [-0.05, 0) is 28.3 Å². The van der Waals surface area contributed by atoms with Crippen molar-refractivity contribution in [1.29, 1.82) is 0 Å². The van der Waals surface area contributed by atoms with E-state index in [1.165, 1.54) is 32.0 Å². The Morgan fingerprint density at radius 2 is 1.94 bits per heavy atom. The van der Waals surface area contributed by atoms with Gasteiger partial charge in [0.1, 0.15) is 17.3 Å². The fourth-order valence-electron chi connectivity index (χ4n) is 1.71. The lowest BCUT2D eigenvalue weighted by Gasteiger charge is -2.08. The van der Waals surface area contributed by atoms with E-state index in [0.717, 1.165) is 29.2 Å². The minimum Gasteiger partial charge on any atom is -0.369 e. The third kappa shape index (κ3) is 6.01. The van der Waals surface area contributed by atoms with Crippen molar-refractivity contribution in [3.8, 4) is 0 Å². The summed E-state index contributed by atoms with van der Waals surface area (Å²) in [6, 6.07) is 0. The second-order valence-corrected chi connectivity index (χ2v) is 6.00. The van der Waals surface area contributed by atoms with Crippen LogP contribution in [-0.4, -0.2) is 16.5 Å². The fraction of sp³-hybridized carbons (Fsp3) is 0.692. The number of nitrogens with one attached hydrogen (secondary N) is 1. The molecule has 1 aromatic rings. The number of rotatable bonds is 8. The van der Waals surface area contributed by atoms with Crippen LogP contribution in [0.4, 0.5) is 5.82 Å². The van der Waals surface area contributed by atoms with Gasteiger partial charge in [0.05, 0.1) is 4.47 Å². The number of nitrogens with zero attached hydrogens (tertiary/aromatic N) is 2. The van der Waals surface area contributed by atoms with Gasteiger partial charge >= 0.3 is 0 Å². The summed E-state index contributed by atoms with van der Waals surface area (Å²) in [5.74, 6) is 1.60. The maximum absolute atomic E-state index is 5.89. The van der Waals surface area contributed by atoms with E-state index in [4.69, 9.17) is 11.6 Å². The van der Waals surface area contributed by atoms with E-state index in [1.807, 2.05) is 0 Å². The van der Waals surface area contributed by atoms with Gasteiger partial charge in [0, 0.05) is 6.54 Å². The highest BCUT2D eigenvalue weighted by Gasteiger charge is 2.05. The zero-order valence-corrected chi connectivity index (χ0v) is 13.4. The molecule has 0 aliphatic heterocycles. The van der Waals surface area contributed by atoms with E-state index < -0.39 is 0 Å². The number of anilines is 1. The van der Waals surface area contributed by atoms with E-state index in [-0.39, 0.29) is 0 Å². The van der Waals surface area contributed by atoms with Crippen LogP contribution in [0.5, 0.6) is 0 Å². The van der Waals surface area contributed by atoms with Crippen molar-refractivity contribution in [2.45, 2.75) is 46.0 Å². The maximum atomic E-state index is 5.89. The van der Waals surface area contributed by atoms with Gasteiger partial charge in [0.15, 0.2) is 0 Å². The van der Waals surface area contributed by atoms with Crippen LogP contribution >= 0.6 is 27.5 Å². The minimum absolute atomic E-state index is 0.449. The lowest BCUT2D eigenvalue weighted by atomic mass is 10.0. The molecule has 0 aliphatic carbocycles. The molecule has 0 bridgehead atoms. The second kappa shape index (κ2) is 8.70. The summed E-state index contributed by atoms with van der Waals surface area (Å²) in [4.78, 5) is 8.03. The predicted octanol–water partition coefficient (Wildman–Crippen LogP) is 4.91. The van der Waals surface area contributed by atoms with Crippen LogP contribution in [0.2, 0.25) is 5.15 Å². The fourth-order valence-corrected chi connectivity index (χ4v) is 2.19. The molecule has 0 spiro atoms. The molecule has 102 valence electrons. The Kier molecular flexibility index (Phi) is 7.59. The third-order valence-electron chi connectivity index (χ3n) is 2.75.